The van der Waals surface area contributed by atoms with Crippen LogP contribution in [0.15, 0.2) is 48.7 Å². The molecule has 196 valence electrons. The van der Waals surface area contributed by atoms with Crippen molar-refractivity contribution in [1.29, 1.82) is 0 Å². The highest BCUT2D eigenvalue weighted by Gasteiger charge is 2.24. The van der Waals surface area contributed by atoms with E-state index in [1.54, 1.807) is 13.2 Å². The molecule has 1 aromatic heterocycles. The van der Waals surface area contributed by atoms with Crippen LogP contribution < -0.4 is 9.64 Å². The van der Waals surface area contributed by atoms with Crippen molar-refractivity contribution in [2.45, 2.75) is 6.54 Å². The predicted octanol–water partition coefficient (Wildman–Crippen LogP) is 4.50. The second-order valence-electron chi connectivity index (χ2n) is 10.4. The zero-order chi connectivity index (χ0) is 25.9. The first-order valence-corrected chi connectivity index (χ1v) is 13.1. The Morgan fingerprint density at radius 3 is 2.51 bits per heavy atom. The minimum absolute atomic E-state index is 0.124. The molecule has 6 nitrogen and oxygen atoms in total. The maximum Gasteiger partial charge on any atom is 0.127 e. The highest BCUT2D eigenvalue weighted by Crippen LogP contribution is 2.41. The van der Waals surface area contributed by atoms with E-state index < -0.39 is 0 Å². The fourth-order valence-corrected chi connectivity index (χ4v) is 5.35. The maximum atomic E-state index is 14.9. The van der Waals surface area contributed by atoms with Crippen molar-refractivity contribution in [3.8, 4) is 16.9 Å². The van der Waals surface area contributed by atoms with Crippen molar-refractivity contribution >= 4 is 17.5 Å². The number of para-hydroxylation sites is 1. The molecular weight excluding hydrogens is 465 g/mol. The van der Waals surface area contributed by atoms with Gasteiger partial charge in [-0.1, -0.05) is 24.3 Å². The van der Waals surface area contributed by atoms with Gasteiger partial charge in [0, 0.05) is 87.9 Å². The standard InChI is InChI=1S/C30H38FN5O/c1-33(2)11-12-35-13-15-36(16-14-35)21-24-17-22(9-10-28(24)31)23-18-26-27(19-32-30(26)34(3)20-23)25-7-5-6-8-29(25)37-4/h5-10,17-19,32H,11-16,20-21H2,1-4H3. The third kappa shape index (κ3) is 5.59. The predicted molar refractivity (Wildman–Crippen MR) is 151 cm³/mol. The minimum Gasteiger partial charge on any atom is -0.496 e. The third-order valence-corrected chi connectivity index (χ3v) is 7.54. The van der Waals surface area contributed by atoms with Gasteiger partial charge in [0.05, 0.1) is 7.11 Å². The Morgan fingerprint density at radius 2 is 1.76 bits per heavy atom. The van der Waals surface area contributed by atoms with Crippen molar-refractivity contribution < 1.29 is 9.13 Å². The number of halogens is 1. The highest BCUT2D eigenvalue weighted by molar-refractivity contribution is 5.96. The third-order valence-electron chi connectivity index (χ3n) is 7.54. The van der Waals surface area contributed by atoms with Crippen LogP contribution in [-0.4, -0.2) is 93.7 Å². The molecule has 1 saturated heterocycles. The van der Waals surface area contributed by atoms with Gasteiger partial charge in [0.25, 0.3) is 0 Å². The molecule has 0 bridgehead atoms. The summed E-state index contributed by atoms with van der Waals surface area (Å²) in [6.07, 6.45) is 4.29. The molecule has 3 heterocycles. The molecule has 7 heteroatoms. The second-order valence-corrected chi connectivity index (χ2v) is 10.4. The number of H-pyrrole nitrogens is 1. The first-order valence-electron chi connectivity index (χ1n) is 13.1. The van der Waals surface area contributed by atoms with Crippen LogP contribution in [0.3, 0.4) is 0 Å². The fourth-order valence-electron chi connectivity index (χ4n) is 5.35. The van der Waals surface area contributed by atoms with E-state index >= 15 is 0 Å². The van der Waals surface area contributed by atoms with Crippen molar-refractivity contribution in [1.82, 2.24) is 19.7 Å². The number of rotatable bonds is 8. The Kier molecular flexibility index (Phi) is 7.65. The minimum atomic E-state index is -0.124. The molecule has 2 aromatic carbocycles. The molecule has 0 aliphatic carbocycles. The number of aromatic amines is 1. The molecule has 3 aromatic rings. The van der Waals surface area contributed by atoms with Crippen LogP contribution >= 0.6 is 0 Å². The number of piperazine rings is 1. The van der Waals surface area contributed by atoms with Crippen molar-refractivity contribution in [2.75, 3.05) is 79.0 Å². The first kappa shape index (κ1) is 25.5. The van der Waals surface area contributed by atoms with E-state index in [4.69, 9.17) is 4.74 Å². The van der Waals surface area contributed by atoms with Crippen LogP contribution in [0, 0.1) is 5.82 Å². The smallest absolute Gasteiger partial charge is 0.127 e. The van der Waals surface area contributed by atoms with Crippen LogP contribution in [0.1, 0.15) is 16.7 Å². The molecule has 0 spiro atoms. The molecule has 0 radical (unpaired) electrons. The Hall–Kier alpha value is -3.13. The number of anilines is 1. The molecule has 2 aliphatic heterocycles. The van der Waals surface area contributed by atoms with Gasteiger partial charge in [-0.15, -0.1) is 0 Å². The van der Waals surface area contributed by atoms with Crippen LogP contribution in [0.4, 0.5) is 10.2 Å². The lowest BCUT2D eigenvalue weighted by molar-refractivity contribution is 0.119. The van der Waals surface area contributed by atoms with Gasteiger partial charge in [-0.05, 0) is 49.5 Å². The van der Waals surface area contributed by atoms with Crippen LogP contribution in [0.5, 0.6) is 5.75 Å². The van der Waals surface area contributed by atoms with E-state index in [2.05, 4.69) is 57.9 Å². The Bertz CT molecular complexity index is 1260. The van der Waals surface area contributed by atoms with Crippen LogP contribution in [-0.2, 0) is 6.54 Å². The number of aromatic nitrogens is 1. The number of nitrogens with zero attached hydrogens (tertiary/aromatic N) is 4. The second kappa shape index (κ2) is 11.1. The summed E-state index contributed by atoms with van der Waals surface area (Å²) in [6.45, 7) is 7.57. The quantitative estimate of drug-likeness (QED) is 0.490. The summed E-state index contributed by atoms with van der Waals surface area (Å²) < 4.78 is 20.6. The molecule has 1 fully saturated rings. The lowest BCUT2D eigenvalue weighted by Gasteiger charge is -2.35. The molecule has 0 atom stereocenters. The highest BCUT2D eigenvalue weighted by atomic mass is 19.1. The van der Waals surface area contributed by atoms with E-state index in [1.165, 1.54) is 5.57 Å². The van der Waals surface area contributed by atoms with Crippen molar-refractivity contribution in [3.63, 3.8) is 0 Å². The molecule has 5 rings (SSSR count). The number of hydrogen-bond acceptors (Lipinski definition) is 5. The van der Waals surface area contributed by atoms with Gasteiger partial charge < -0.3 is 19.5 Å². The van der Waals surface area contributed by atoms with Crippen molar-refractivity contribution in [3.05, 3.63) is 71.2 Å². The topological polar surface area (TPSA) is 38.0 Å². The number of fused-ring (bicyclic) bond motifs is 1. The number of benzene rings is 2. The first-order chi connectivity index (χ1) is 17.9. The zero-order valence-corrected chi connectivity index (χ0v) is 22.4. The van der Waals surface area contributed by atoms with Crippen molar-refractivity contribution in [2.24, 2.45) is 0 Å². The molecule has 37 heavy (non-hydrogen) atoms. The SMILES string of the molecule is COc1ccccc1-c1c[nH]c2c1C=C(c1ccc(F)c(CN3CCN(CCN(C)C)CC3)c1)CN2C. The normalized spacial score (nSPS) is 16.7. The number of hydrogen-bond donors (Lipinski definition) is 1. The Balaban J connectivity index is 1.36. The summed E-state index contributed by atoms with van der Waals surface area (Å²) in [5, 5.41) is 0. The van der Waals surface area contributed by atoms with Gasteiger partial charge in [0.15, 0.2) is 0 Å². The van der Waals surface area contributed by atoms with Gasteiger partial charge in [-0.3, -0.25) is 9.80 Å². The fraction of sp³-hybridized carbons (Fsp3) is 0.400. The number of methoxy groups -OCH3 is 1. The molecule has 1 N–H and O–H groups in total. The van der Waals surface area contributed by atoms with Gasteiger partial charge in [0.2, 0.25) is 0 Å². The summed E-state index contributed by atoms with van der Waals surface area (Å²) in [5.41, 5.74) is 6.32. The molecule has 0 unspecified atom stereocenters. The lowest BCUT2D eigenvalue weighted by Crippen LogP contribution is -2.47. The summed E-state index contributed by atoms with van der Waals surface area (Å²) in [7, 11) is 8.02. The van der Waals surface area contributed by atoms with E-state index in [0.29, 0.717) is 6.54 Å². The number of ether oxygens (including phenoxy) is 1. The van der Waals surface area contributed by atoms with Gasteiger partial charge in [-0.2, -0.15) is 0 Å². The summed E-state index contributed by atoms with van der Waals surface area (Å²) in [6, 6.07) is 13.7. The summed E-state index contributed by atoms with van der Waals surface area (Å²) in [4.78, 5) is 12.8. The maximum absolute atomic E-state index is 14.9. The Labute approximate surface area is 219 Å². The van der Waals surface area contributed by atoms with E-state index in [9.17, 15) is 4.39 Å². The Morgan fingerprint density at radius 1 is 1.00 bits per heavy atom. The largest absolute Gasteiger partial charge is 0.496 e. The van der Waals surface area contributed by atoms with Gasteiger partial charge in [0.1, 0.15) is 17.4 Å². The van der Waals surface area contributed by atoms with Crippen LogP contribution in [0.2, 0.25) is 0 Å². The molecule has 2 aliphatic rings. The lowest BCUT2D eigenvalue weighted by atomic mass is 9.94. The average molecular weight is 504 g/mol. The van der Waals surface area contributed by atoms with E-state index in [0.717, 1.165) is 85.2 Å². The number of likely N-dealkylation sites (N-methyl/N-ethyl adjacent to an activating group) is 2. The average Bonchev–Trinajstić information content (AvgIpc) is 3.34. The zero-order valence-electron chi connectivity index (χ0n) is 22.4. The number of nitrogens with one attached hydrogen (secondary N) is 1. The monoisotopic (exact) mass is 503 g/mol. The van der Waals surface area contributed by atoms with Gasteiger partial charge >= 0.3 is 0 Å². The summed E-state index contributed by atoms with van der Waals surface area (Å²) >= 11 is 0. The van der Waals surface area contributed by atoms with Crippen LogP contribution in [0.25, 0.3) is 22.8 Å². The molecule has 0 amide bonds. The molecular formula is C30H38FN5O. The summed E-state index contributed by atoms with van der Waals surface area (Å²) in [5.74, 6) is 1.80. The van der Waals surface area contributed by atoms with E-state index in [-0.39, 0.29) is 5.82 Å². The van der Waals surface area contributed by atoms with Gasteiger partial charge in [-0.25, -0.2) is 4.39 Å². The van der Waals surface area contributed by atoms with E-state index in [1.807, 2.05) is 36.5 Å². The molecule has 0 saturated carbocycles.